The summed E-state index contributed by atoms with van der Waals surface area (Å²) in [4.78, 5) is 13.5. The normalized spacial score (nSPS) is 8.80. The van der Waals surface area contributed by atoms with Gasteiger partial charge in [-0.2, -0.15) is 4.79 Å². The molecule has 0 aliphatic heterocycles. The van der Waals surface area contributed by atoms with Crippen LogP contribution >= 0.6 is 0 Å². The maximum atomic E-state index is 10.7. The number of hydrogen-bond acceptors (Lipinski definition) is 2. The Morgan fingerprint density at radius 2 is 2.10 bits per heavy atom. The lowest BCUT2D eigenvalue weighted by Crippen LogP contribution is -2.22. The van der Waals surface area contributed by atoms with Crippen molar-refractivity contribution in [3.05, 3.63) is 5.53 Å². The van der Waals surface area contributed by atoms with E-state index in [0.717, 1.165) is 0 Å². The van der Waals surface area contributed by atoms with Crippen molar-refractivity contribution >= 4 is 11.7 Å². The van der Waals surface area contributed by atoms with Gasteiger partial charge in [-0.3, -0.25) is 0 Å². The Balaban J connectivity index is 4.39. The number of esters is 1. The van der Waals surface area contributed by atoms with Crippen molar-refractivity contribution in [2.45, 2.75) is 13.8 Å². The molecule has 0 rings (SSSR count). The molecule has 0 bridgehead atoms. The molecular weight excluding hydrogens is 132 g/mol. The summed E-state index contributed by atoms with van der Waals surface area (Å²) in [6.45, 7) is 3.48. The molecule has 0 aromatic carbocycles. The van der Waals surface area contributed by atoms with Crippen molar-refractivity contribution in [3.8, 4) is 0 Å². The van der Waals surface area contributed by atoms with Crippen LogP contribution in [-0.2, 0) is 9.53 Å². The predicted octanol–water partition coefficient (Wildman–Crippen LogP) is 0.486. The monoisotopic (exact) mass is 142 g/mol. The van der Waals surface area contributed by atoms with Crippen molar-refractivity contribution in [2.75, 3.05) is 7.11 Å². The molecule has 0 aliphatic carbocycles. The van der Waals surface area contributed by atoms with Crippen LogP contribution in [0.5, 0.6) is 0 Å². The molecule has 0 N–H and O–H groups in total. The molecule has 0 radical (unpaired) electrons. The number of carbonyl (C=O) groups excluding carboxylic acids is 1. The van der Waals surface area contributed by atoms with Crippen molar-refractivity contribution in [3.63, 3.8) is 0 Å². The zero-order chi connectivity index (χ0) is 8.15. The first-order chi connectivity index (χ1) is 4.63. The van der Waals surface area contributed by atoms with Crippen LogP contribution in [0.2, 0.25) is 0 Å². The van der Waals surface area contributed by atoms with Gasteiger partial charge >= 0.3 is 11.7 Å². The van der Waals surface area contributed by atoms with Crippen LogP contribution in [0.4, 0.5) is 0 Å². The Hall–Kier alpha value is -1.15. The Kier molecular flexibility index (Phi) is 3.36. The van der Waals surface area contributed by atoms with E-state index in [1.807, 2.05) is 0 Å². The number of nitrogens with zero attached hydrogens (tertiary/aromatic N) is 2. The number of methoxy groups -OCH3 is 1. The smallest absolute Gasteiger partial charge is 0.416 e. The summed E-state index contributed by atoms with van der Waals surface area (Å²) in [6.07, 6.45) is 0. The molecule has 4 nitrogen and oxygen atoms in total. The maximum absolute atomic E-state index is 10.7. The first-order valence-electron chi connectivity index (χ1n) is 2.93. The highest BCUT2D eigenvalue weighted by Gasteiger charge is 2.24. The summed E-state index contributed by atoms with van der Waals surface area (Å²) in [7, 11) is 1.25. The van der Waals surface area contributed by atoms with Gasteiger partial charge in [-0.25, -0.2) is 4.79 Å². The van der Waals surface area contributed by atoms with E-state index in [2.05, 4.69) is 9.53 Å². The molecule has 0 aromatic heterocycles. The highest BCUT2D eigenvalue weighted by molar-refractivity contribution is 6.34. The number of ether oxygens (including phenoxy) is 1. The zero-order valence-corrected chi connectivity index (χ0v) is 6.29. The Bertz CT molecular complexity index is 180. The highest BCUT2D eigenvalue weighted by atomic mass is 16.5. The largest absolute Gasteiger partial charge is 0.460 e. The van der Waals surface area contributed by atoms with Crippen molar-refractivity contribution < 1.29 is 14.3 Å². The van der Waals surface area contributed by atoms with Crippen molar-refractivity contribution in [2.24, 2.45) is 5.92 Å². The summed E-state index contributed by atoms with van der Waals surface area (Å²) in [5, 5.41) is 0. The molecule has 0 aliphatic rings. The predicted molar refractivity (Wildman–Crippen MR) is 35.5 cm³/mol. The number of carbonyl (C=O) groups is 1. The third-order valence-corrected chi connectivity index (χ3v) is 1.05. The minimum absolute atomic E-state index is 0.0440. The van der Waals surface area contributed by atoms with E-state index in [-0.39, 0.29) is 11.6 Å². The quantitative estimate of drug-likeness (QED) is 0.244. The van der Waals surface area contributed by atoms with Gasteiger partial charge in [0.1, 0.15) is 0 Å². The molecular formula is C6H10N2O2. The molecule has 0 heterocycles. The van der Waals surface area contributed by atoms with E-state index in [1.54, 1.807) is 13.8 Å². The minimum Gasteiger partial charge on any atom is -0.460 e. The van der Waals surface area contributed by atoms with Crippen LogP contribution < -0.4 is 0 Å². The average molecular weight is 142 g/mol. The van der Waals surface area contributed by atoms with E-state index in [9.17, 15) is 4.79 Å². The summed E-state index contributed by atoms with van der Waals surface area (Å²) in [6, 6.07) is 0. The van der Waals surface area contributed by atoms with Gasteiger partial charge in [-0.05, 0) is 0 Å². The number of rotatable bonds is 2. The second-order valence-corrected chi connectivity index (χ2v) is 2.13. The molecule has 4 heteroatoms. The molecule has 0 saturated carbocycles. The zero-order valence-electron chi connectivity index (χ0n) is 6.29. The van der Waals surface area contributed by atoms with Gasteiger partial charge in [0.05, 0.1) is 13.0 Å². The third-order valence-electron chi connectivity index (χ3n) is 1.05. The molecule has 0 fully saturated rings. The lowest BCUT2D eigenvalue weighted by molar-refractivity contribution is -0.138. The van der Waals surface area contributed by atoms with Gasteiger partial charge in [0.25, 0.3) is 0 Å². The van der Waals surface area contributed by atoms with Gasteiger partial charge in [-0.1, -0.05) is 13.8 Å². The van der Waals surface area contributed by atoms with Crippen LogP contribution in [-0.4, -0.2) is 23.6 Å². The van der Waals surface area contributed by atoms with Gasteiger partial charge in [0.15, 0.2) is 0 Å². The molecule has 56 valence electrons. The highest BCUT2D eigenvalue weighted by Crippen LogP contribution is 1.94. The second kappa shape index (κ2) is 3.80. The van der Waals surface area contributed by atoms with Gasteiger partial charge in [-0.15, -0.1) is 0 Å². The fraction of sp³-hybridized carbons (Fsp3) is 0.667. The topological polar surface area (TPSA) is 62.7 Å². The fourth-order valence-electron chi connectivity index (χ4n) is 0.497. The molecule has 0 amide bonds. The Morgan fingerprint density at radius 3 is 2.20 bits per heavy atom. The second-order valence-electron chi connectivity index (χ2n) is 2.13. The molecule has 0 spiro atoms. The van der Waals surface area contributed by atoms with Crippen molar-refractivity contribution in [1.29, 1.82) is 0 Å². The van der Waals surface area contributed by atoms with E-state index in [0.29, 0.717) is 0 Å². The lowest BCUT2D eigenvalue weighted by Gasteiger charge is -1.95. The summed E-state index contributed by atoms with van der Waals surface area (Å²) >= 11 is 0. The number of hydrogen-bond donors (Lipinski definition) is 0. The lowest BCUT2D eigenvalue weighted by atomic mass is 10.1. The standard InChI is InChI=1S/C6H10N2O2/c1-4(2)5(8-7)6(9)10-3/h4H,1-3H3. The minimum atomic E-state index is -0.586. The van der Waals surface area contributed by atoms with E-state index < -0.39 is 5.97 Å². The SMILES string of the molecule is COC(=O)C(=[N+]=[N-])C(C)C. The molecule has 0 aromatic rings. The van der Waals surface area contributed by atoms with E-state index in [1.165, 1.54) is 7.11 Å². The van der Waals surface area contributed by atoms with Gasteiger partial charge < -0.3 is 10.3 Å². The van der Waals surface area contributed by atoms with Crippen LogP contribution in [0.15, 0.2) is 0 Å². The summed E-state index contributed by atoms with van der Waals surface area (Å²) in [5.74, 6) is -0.699. The molecule has 0 atom stereocenters. The maximum Gasteiger partial charge on any atom is 0.416 e. The fourth-order valence-corrected chi connectivity index (χ4v) is 0.497. The van der Waals surface area contributed by atoms with Crippen molar-refractivity contribution in [1.82, 2.24) is 0 Å². The van der Waals surface area contributed by atoms with E-state index in [4.69, 9.17) is 5.53 Å². The third kappa shape index (κ3) is 1.99. The molecule has 10 heavy (non-hydrogen) atoms. The average Bonchev–Trinajstić information content (AvgIpc) is 1.88. The van der Waals surface area contributed by atoms with Crippen LogP contribution in [0, 0.1) is 5.92 Å². The van der Waals surface area contributed by atoms with Crippen LogP contribution in [0.1, 0.15) is 13.8 Å². The van der Waals surface area contributed by atoms with Gasteiger partial charge in [0.2, 0.25) is 0 Å². The van der Waals surface area contributed by atoms with Crippen LogP contribution in [0.3, 0.4) is 0 Å². The molecule has 0 saturated heterocycles. The Morgan fingerprint density at radius 1 is 1.60 bits per heavy atom. The van der Waals surface area contributed by atoms with E-state index >= 15 is 0 Å². The Labute approximate surface area is 59.4 Å². The summed E-state index contributed by atoms with van der Waals surface area (Å²) in [5.41, 5.74) is 8.33. The first kappa shape index (κ1) is 8.85. The van der Waals surface area contributed by atoms with Gasteiger partial charge in [0, 0.05) is 0 Å². The van der Waals surface area contributed by atoms with Crippen LogP contribution in [0.25, 0.3) is 5.53 Å². The first-order valence-corrected chi connectivity index (χ1v) is 2.93. The molecule has 0 unspecified atom stereocenters. The summed E-state index contributed by atoms with van der Waals surface area (Å²) < 4.78 is 4.33.